The molecule has 7 heteroatoms. The number of hydrogen-bond donors (Lipinski definition) is 0. The second kappa shape index (κ2) is 13.8. The van der Waals surface area contributed by atoms with Gasteiger partial charge in [0, 0.05) is 16.0 Å². The zero-order chi connectivity index (χ0) is 26.8. The number of rotatable bonds is 14. The molecule has 1 unspecified atom stereocenters. The molecule has 202 valence electrons. The van der Waals surface area contributed by atoms with E-state index in [1.54, 1.807) is 6.07 Å². The van der Waals surface area contributed by atoms with Gasteiger partial charge in [-0.25, -0.2) is 0 Å². The Balaban J connectivity index is 1.68. The standard InChI is InChI=1S/C30H37F3O3S/c1-4-5-6-7-8-9-23(18-19-36-25-14-10-22(11-15-25)12-17-28(34)35-3)29-21(2)26-16-13-24(30(31,32)33)20-27(26)37-29/h10-11,13-16,20,23H,4-9,12,17-19H2,1-3H3. The zero-order valence-electron chi connectivity index (χ0n) is 22.0. The van der Waals surface area contributed by atoms with Crippen molar-refractivity contribution in [2.45, 2.75) is 83.7 Å². The molecule has 1 heterocycles. The Morgan fingerprint density at radius 3 is 2.41 bits per heavy atom. The largest absolute Gasteiger partial charge is 0.494 e. The average molecular weight is 535 g/mol. The number of thiophene rings is 1. The number of benzene rings is 2. The molecule has 1 atom stereocenters. The third-order valence-corrected chi connectivity index (χ3v) is 8.25. The van der Waals surface area contributed by atoms with Gasteiger partial charge in [0.2, 0.25) is 0 Å². The molecule has 0 aliphatic heterocycles. The monoisotopic (exact) mass is 534 g/mol. The summed E-state index contributed by atoms with van der Waals surface area (Å²) in [6.07, 6.45) is 4.32. The third kappa shape index (κ3) is 8.49. The second-order valence-corrected chi connectivity index (χ2v) is 10.6. The number of aryl methyl sites for hydroxylation is 2. The first kappa shape index (κ1) is 29.0. The number of carbonyl (C=O) groups excluding carboxylic acids is 1. The number of fused-ring (bicyclic) bond motifs is 1. The van der Waals surface area contributed by atoms with Gasteiger partial charge in [0.1, 0.15) is 5.75 Å². The van der Waals surface area contributed by atoms with Crippen LogP contribution in [0.5, 0.6) is 5.75 Å². The molecule has 0 fully saturated rings. The topological polar surface area (TPSA) is 35.5 Å². The third-order valence-electron chi connectivity index (χ3n) is 6.83. The lowest BCUT2D eigenvalue weighted by atomic mass is 9.93. The van der Waals surface area contributed by atoms with Crippen LogP contribution in [0.3, 0.4) is 0 Å². The van der Waals surface area contributed by atoms with Gasteiger partial charge in [-0.15, -0.1) is 11.3 Å². The van der Waals surface area contributed by atoms with E-state index >= 15 is 0 Å². The fourth-order valence-electron chi connectivity index (χ4n) is 4.63. The minimum absolute atomic E-state index is 0.229. The van der Waals surface area contributed by atoms with Gasteiger partial charge in [-0.1, -0.05) is 57.2 Å². The summed E-state index contributed by atoms with van der Waals surface area (Å²) >= 11 is 1.50. The summed E-state index contributed by atoms with van der Waals surface area (Å²) in [4.78, 5) is 12.5. The predicted molar refractivity (Wildman–Crippen MR) is 145 cm³/mol. The van der Waals surface area contributed by atoms with Crippen LogP contribution in [-0.2, 0) is 22.1 Å². The fourth-order valence-corrected chi connectivity index (χ4v) is 6.05. The van der Waals surface area contributed by atoms with Crippen LogP contribution in [-0.4, -0.2) is 19.7 Å². The fraction of sp³-hybridized carbons (Fsp3) is 0.500. The lowest BCUT2D eigenvalue weighted by molar-refractivity contribution is -0.140. The van der Waals surface area contributed by atoms with E-state index in [1.807, 2.05) is 31.2 Å². The van der Waals surface area contributed by atoms with E-state index in [2.05, 4.69) is 6.92 Å². The van der Waals surface area contributed by atoms with E-state index in [4.69, 9.17) is 9.47 Å². The van der Waals surface area contributed by atoms with Gasteiger partial charge in [-0.05, 0) is 72.9 Å². The SMILES string of the molecule is CCCCCCCC(CCOc1ccc(CCC(=O)OC)cc1)c1sc2cc(C(F)(F)F)ccc2c1C. The van der Waals surface area contributed by atoms with Crippen LogP contribution in [0.4, 0.5) is 13.2 Å². The molecule has 0 bridgehead atoms. The summed E-state index contributed by atoms with van der Waals surface area (Å²) in [5, 5.41) is 0.910. The Bertz CT molecular complexity index is 1140. The normalized spacial score (nSPS) is 12.6. The lowest BCUT2D eigenvalue weighted by Gasteiger charge is -2.17. The molecule has 37 heavy (non-hydrogen) atoms. The van der Waals surface area contributed by atoms with Gasteiger partial charge in [0.15, 0.2) is 0 Å². The number of alkyl halides is 3. The van der Waals surface area contributed by atoms with Crippen LogP contribution in [0.2, 0.25) is 0 Å². The number of carbonyl (C=O) groups is 1. The van der Waals surface area contributed by atoms with Gasteiger partial charge in [-0.2, -0.15) is 13.2 Å². The predicted octanol–water partition coefficient (Wildman–Crippen LogP) is 9.25. The van der Waals surface area contributed by atoms with E-state index in [0.717, 1.165) is 41.5 Å². The Morgan fingerprint density at radius 2 is 1.73 bits per heavy atom. The van der Waals surface area contributed by atoms with E-state index in [9.17, 15) is 18.0 Å². The quantitative estimate of drug-likeness (QED) is 0.153. The van der Waals surface area contributed by atoms with Crippen molar-refractivity contribution in [3.63, 3.8) is 0 Å². The molecule has 0 aliphatic rings. The molecular formula is C30H37F3O3S. The highest BCUT2D eigenvalue weighted by Crippen LogP contribution is 2.41. The van der Waals surface area contributed by atoms with Crippen molar-refractivity contribution >= 4 is 27.4 Å². The number of esters is 1. The first-order valence-electron chi connectivity index (χ1n) is 13.1. The number of ether oxygens (including phenoxy) is 2. The van der Waals surface area contributed by atoms with Crippen molar-refractivity contribution in [3.05, 3.63) is 64.0 Å². The number of halogens is 3. The first-order chi connectivity index (χ1) is 17.7. The van der Waals surface area contributed by atoms with Crippen LogP contribution < -0.4 is 4.74 Å². The van der Waals surface area contributed by atoms with Gasteiger partial charge in [0.05, 0.1) is 19.3 Å². The summed E-state index contributed by atoms with van der Waals surface area (Å²) in [5.41, 5.74) is 1.53. The lowest BCUT2D eigenvalue weighted by Crippen LogP contribution is -2.06. The smallest absolute Gasteiger partial charge is 0.416 e. The van der Waals surface area contributed by atoms with Gasteiger partial charge in [0.25, 0.3) is 0 Å². The van der Waals surface area contributed by atoms with Crippen LogP contribution in [0, 0.1) is 6.92 Å². The van der Waals surface area contributed by atoms with E-state index in [0.29, 0.717) is 24.1 Å². The Kier molecular flexibility index (Phi) is 10.9. The Morgan fingerprint density at radius 1 is 1.00 bits per heavy atom. The zero-order valence-corrected chi connectivity index (χ0v) is 22.8. The molecule has 0 saturated heterocycles. The van der Waals surface area contributed by atoms with Crippen molar-refractivity contribution in [2.24, 2.45) is 0 Å². The minimum Gasteiger partial charge on any atom is -0.494 e. The summed E-state index contributed by atoms with van der Waals surface area (Å²) in [7, 11) is 1.39. The van der Waals surface area contributed by atoms with Gasteiger partial charge < -0.3 is 9.47 Å². The summed E-state index contributed by atoms with van der Waals surface area (Å²) < 4.78 is 51.2. The molecular weight excluding hydrogens is 497 g/mol. The number of unbranched alkanes of at least 4 members (excludes halogenated alkanes) is 4. The molecule has 0 radical (unpaired) electrons. The van der Waals surface area contributed by atoms with Gasteiger partial charge in [-0.3, -0.25) is 4.79 Å². The van der Waals surface area contributed by atoms with Crippen molar-refractivity contribution in [2.75, 3.05) is 13.7 Å². The molecule has 0 saturated carbocycles. The van der Waals surface area contributed by atoms with E-state index in [-0.39, 0.29) is 11.9 Å². The highest BCUT2D eigenvalue weighted by Gasteiger charge is 2.31. The summed E-state index contributed by atoms with van der Waals surface area (Å²) in [6.45, 7) is 4.75. The highest BCUT2D eigenvalue weighted by atomic mass is 32.1. The van der Waals surface area contributed by atoms with Crippen LogP contribution >= 0.6 is 11.3 Å². The van der Waals surface area contributed by atoms with Gasteiger partial charge >= 0.3 is 12.1 Å². The molecule has 1 aromatic heterocycles. The first-order valence-corrected chi connectivity index (χ1v) is 13.9. The van der Waals surface area contributed by atoms with Crippen molar-refractivity contribution in [1.82, 2.24) is 0 Å². The average Bonchev–Trinajstić information content (AvgIpc) is 3.21. The maximum absolute atomic E-state index is 13.3. The van der Waals surface area contributed by atoms with Crippen LogP contribution in [0.25, 0.3) is 10.1 Å². The molecule has 0 spiro atoms. The number of methoxy groups -OCH3 is 1. The Labute approximate surface area is 222 Å². The van der Waals surface area contributed by atoms with Crippen molar-refractivity contribution in [1.29, 1.82) is 0 Å². The molecule has 3 aromatic rings. The highest BCUT2D eigenvalue weighted by molar-refractivity contribution is 7.19. The molecule has 0 N–H and O–H groups in total. The molecule has 0 amide bonds. The molecule has 3 rings (SSSR count). The molecule has 2 aromatic carbocycles. The molecule has 0 aliphatic carbocycles. The van der Waals surface area contributed by atoms with Crippen molar-refractivity contribution in [3.8, 4) is 5.75 Å². The summed E-state index contributed by atoms with van der Waals surface area (Å²) in [5.74, 6) is 0.784. The van der Waals surface area contributed by atoms with Crippen molar-refractivity contribution < 1.29 is 27.4 Å². The minimum atomic E-state index is -4.34. The summed E-state index contributed by atoms with van der Waals surface area (Å²) in [6, 6.07) is 11.8. The Hall–Kier alpha value is -2.54. The van der Waals surface area contributed by atoms with E-state index < -0.39 is 11.7 Å². The van der Waals surface area contributed by atoms with Crippen LogP contribution in [0.1, 0.15) is 85.8 Å². The maximum atomic E-state index is 13.3. The maximum Gasteiger partial charge on any atom is 0.416 e. The molecule has 3 nitrogen and oxygen atoms in total. The van der Waals surface area contributed by atoms with E-state index in [1.165, 1.54) is 61.1 Å². The number of hydrogen-bond acceptors (Lipinski definition) is 4. The van der Waals surface area contributed by atoms with Crippen LogP contribution in [0.15, 0.2) is 42.5 Å². The second-order valence-electron chi connectivity index (χ2n) is 9.56.